The summed E-state index contributed by atoms with van der Waals surface area (Å²) in [5.74, 6) is -0.681. The summed E-state index contributed by atoms with van der Waals surface area (Å²) in [6.45, 7) is 1.96. The Kier molecular flexibility index (Phi) is 9.12. The molecule has 0 spiro atoms. The van der Waals surface area contributed by atoms with Gasteiger partial charge in [-0.25, -0.2) is 10.2 Å². The minimum atomic E-state index is -0.482. The summed E-state index contributed by atoms with van der Waals surface area (Å²) < 4.78 is 11.0. The summed E-state index contributed by atoms with van der Waals surface area (Å²) in [5.41, 5.74) is 3.84. The molecule has 2 N–H and O–H groups in total. The van der Waals surface area contributed by atoms with Crippen molar-refractivity contribution in [2.24, 2.45) is 5.10 Å². The van der Waals surface area contributed by atoms with E-state index in [1.54, 1.807) is 41.8 Å². The molecule has 34 heavy (non-hydrogen) atoms. The normalized spacial score (nSPS) is 10.9. The molecule has 2 aromatic carbocycles. The van der Waals surface area contributed by atoms with Gasteiger partial charge in [-0.1, -0.05) is 36.4 Å². The number of esters is 1. The molecule has 0 aliphatic heterocycles. The third kappa shape index (κ3) is 7.72. The van der Waals surface area contributed by atoms with Crippen molar-refractivity contribution >= 4 is 41.4 Å². The van der Waals surface area contributed by atoms with Crippen LogP contribution in [0.5, 0.6) is 11.5 Å². The summed E-state index contributed by atoms with van der Waals surface area (Å²) in [4.78, 5) is 36.5. The largest absolute Gasteiger partial charge is 0.490 e. The van der Waals surface area contributed by atoms with Gasteiger partial charge < -0.3 is 14.8 Å². The van der Waals surface area contributed by atoms with Crippen molar-refractivity contribution in [1.82, 2.24) is 10.7 Å². The van der Waals surface area contributed by atoms with Gasteiger partial charge in [-0.2, -0.15) is 5.10 Å². The molecule has 0 atom stereocenters. The van der Waals surface area contributed by atoms with Crippen LogP contribution in [0.25, 0.3) is 6.08 Å². The van der Waals surface area contributed by atoms with Crippen LogP contribution in [0.2, 0.25) is 0 Å². The van der Waals surface area contributed by atoms with Crippen LogP contribution < -0.4 is 20.2 Å². The van der Waals surface area contributed by atoms with Crippen molar-refractivity contribution in [2.75, 3.05) is 13.2 Å². The molecule has 0 saturated heterocycles. The van der Waals surface area contributed by atoms with Gasteiger partial charge in [0.2, 0.25) is 5.91 Å². The fourth-order valence-corrected chi connectivity index (χ4v) is 3.28. The van der Waals surface area contributed by atoms with Gasteiger partial charge in [0.25, 0.3) is 5.91 Å². The highest BCUT2D eigenvalue weighted by atomic mass is 32.1. The number of carbonyl (C=O) groups is 3. The summed E-state index contributed by atoms with van der Waals surface area (Å²) in [6, 6.07) is 17.7. The SMILES string of the molecule is CCOc1cc(/C=N/NC(=O)CNC(=O)/C=C/c2ccccc2)ccc1OC(=O)c1cccs1. The maximum absolute atomic E-state index is 12.2. The van der Waals surface area contributed by atoms with Crippen molar-refractivity contribution in [3.05, 3.63) is 88.1 Å². The van der Waals surface area contributed by atoms with Gasteiger partial charge in [0.05, 0.1) is 19.4 Å². The highest BCUT2D eigenvalue weighted by Crippen LogP contribution is 2.29. The molecule has 0 aliphatic carbocycles. The standard InChI is InChI=1S/C25H23N3O5S/c1-2-32-21-15-19(10-12-20(21)33-25(31)22-9-6-14-34-22)16-27-28-24(30)17-26-23(29)13-11-18-7-4-3-5-8-18/h3-16H,2,17H2,1H3,(H,26,29)(H,28,30)/b13-11+,27-16+. The number of hydrogen-bond acceptors (Lipinski definition) is 7. The molecule has 0 fully saturated rings. The summed E-state index contributed by atoms with van der Waals surface area (Å²) >= 11 is 1.29. The van der Waals surface area contributed by atoms with Gasteiger partial charge in [0.15, 0.2) is 11.5 Å². The molecule has 0 aliphatic rings. The number of hydrazone groups is 1. The van der Waals surface area contributed by atoms with Crippen LogP contribution in [0.15, 0.2) is 77.2 Å². The van der Waals surface area contributed by atoms with Crippen molar-refractivity contribution in [1.29, 1.82) is 0 Å². The van der Waals surface area contributed by atoms with Crippen LogP contribution in [-0.2, 0) is 9.59 Å². The van der Waals surface area contributed by atoms with E-state index in [1.807, 2.05) is 37.3 Å². The number of hydrogen-bond donors (Lipinski definition) is 2. The first-order chi connectivity index (χ1) is 16.5. The monoisotopic (exact) mass is 477 g/mol. The van der Waals surface area contributed by atoms with E-state index in [2.05, 4.69) is 15.8 Å². The molecule has 8 nitrogen and oxygen atoms in total. The molecule has 0 saturated carbocycles. The Morgan fingerprint density at radius 3 is 2.56 bits per heavy atom. The van der Waals surface area contributed by atoms with Crippen LogP contribution in [0.4, 0.5) is 0 Å². The van der Waals surface area contributed by atoms with Crippen molar-refractivity contribution in [3.8, 4) is 11.5 Å². The van der Waals surface area contributed by atoms with Crippen molar-refractivity contribution in [2.45, 2.75) is 6.92 Å². The molecule has 1 aromatic heterocycles. The fraction of sp³-hybridized carbons (Fsp3) is 0.120. The van der Waals surface area contributed by atoms with Crippen LogP contribution in [0, 0.1) is 0 Å². The second-order valence-corrected chi connectivity index (χ2v) is 7.71. The van der Waals surface area contributed by atoms with E-state index in [0.717, 1.165) is 5.56 Å². The van der Waals surface area contributed by atoms with E-state index in [9.17, 15) is 14.4 Å². The Hall–Kier alpha value is -4.24. The molecule has 0 unspecified atom stereocenters. The first kappa shape index (κ1) is 24.4. The van der Waals surface area contributed by atoms with E-state index in [4.69, 9.17) is 9.47 Å². The molecule has 3 rings (SSSR count). The minimum absolute atomic E-state index is 0.225. The topological polar surface area (TPSA) is 106 Å². The first-order valence-corrected chi connectivity index (χ1v) is 11.3. The van der Waals surface area contributed by atoms with Gasteiger partial charge in [-0.3, -0.25) is 9.59 Å². The number of thiophene rings is 1. The van der Waals surface area contributed by atoms with Crippen LogP contribution in [-0.4, -0.2) is 37.1 Å². The van der Waals surface area contributed by atoms with E-state index in [-0.39, 0.29) is 12.3 Å². The molecule has 9 heteroatoms. The molecule has 2 amide bonds. The third-order valence-corrected chi connectivity index (χ3v) is 5.10. The lowest BCUT2D eigenvalue weighted by molar-refractivity contribution is -0.123. The number of amides is 2. The number of nitrogens with zero attached hydrogens (tertiary/aromatic N) is 1. The molecule has 174 valence electrons. The minimum Gasteiger partial charge on any atom is -0.490 e. The van der Waals surface area contributed by atoms with E-state index < -0.39 is 17.8 Å². The highest BCUT2D eigenvalue weighted by Gasteiger charge is 2.14. The van der Waals surface area contributed by atoms with Gasteiger partial charge in [0.1, 0.15) is 4.88 Å². The maximum atomic E-state index is 12.2. The molecular formula is C25H23N3O5S. The Bertz CT molecular complexity index is 1170. The quantitative estimate of drug-likeness (QED) is 0.152. The summed E-state index contributed by atoms with van der Waals surface area (Å²) in [6.07, 6.45) is 4.43. The first-order valence-electron chi connectivity index (χ1n) is 10.4. The van der Waals surface area contributed by atoms with E-state index in [0.29, 0.717) is 22.8 Å². The molecule has 0 bridgehead atoms. The number of benzene rings is 2. The van der Waals surface area contributed by atoms with E-state index in [1.165, 1.54) is 23.6 Å². The number of carbonyl (C=O) groups excluding carboxylic acids is 3. The summed E-state index contributed by atoms with van der Waals surface area (Å²) in [7, 11) is 0. The van der Waals surface area contributed by atoms with Gasteiger partial charge in [0, 0.05) is 6.08 Å². The summed E-state index contributed by atoms with van der Waals surface area (Å²) in [5, 5.41) is 8.17. The predicted molar refractivity (Wildman–Crippen MR) is 131 cm³/mol. The second-order valence-electron chi connectivity index (χ2n) is 6.76. The Morgan fingerprint density at radius 1 is 1.00 bits per heavy atom. The lowest BCUT2D eigenvalue weighted by Crippen LogP contribution is -2.34. The molecule has 0 radical (unpaired) electrons. The average Bonchev–Trinajstić information content (AvgIpc) is 3.39. The van der Waals surface area contributed by atoms with E-state index >= 15 is 0 Å². The van der Waals surface area contributed by atoms with Gasteiger partial charge in [-0.05, 0) is 53.8 Å². The maximum Gasteiger partial charge on any atom is 0.353 e. The zero-order valence-electron chi connectivity index (χ0n) is 18.4. The lowest BCUT2D eigenvalue weighted by Gasteiger charge is -2.10. The lowest BCUT2D eigenvalue weighted by atomic mass is 10.2. The van der Waals surface area contributed by atoms with Gasteiger partial charge in [-0.15, -0.1) is 11.3 Å². The Balaban J connectivity index is 1.50. The Morgan fingerprint density at radius 2 is 1.82 bits per heavy atom. The third-order valence-electron chi connectivity index (χ3n) is 4.25. The van der Waals surface area contributed by atoms with Crippen LogP contribution in [0.3, 0.4) is 0 Å². The predicted octanol–water partition coefficient (Wildman–Crippen LogP) is 3.65. The number of ether oxygens (including phenoxy) is 2. The van der Waals surface area contributed by atoms with Crippen molar-refractivity contribution < 1.29 is 23.9 Å². The fourth-order valence-electron chi connectivity index (χ4n) is 2.68. The second kappa shape index (κ2) is 12.7. The zero-order valence-corrected chi connectivity index (χ0v) is 19.2. The molecule has 1 heterocycles. The van der Waals surface area contributed by atoms with Crippen molar-refractivity contribution in [3.63, 3.8) is 0 Å². The van der Waals surface area contributed by atoms with Crippen LogP contribution >= 0.6 is 11.3 Å². The molecular weight excluding hydrogens is 454 g/mol. The average molecular weight is 478 g/mol. The van der Waals surface area contributed by atoms with Gasteiger partial charge >= 0.3 is 5.97 Å². The Labute approximate surface area is 200 Å². The molecule has 3 aromatic rings. The number of nitrogens with one attached hydrogen (secondary N) is 2. The number of rotatable bonds is 10. The zero-order chi connectivity index (χ0) is 24.2. The van der Waals surface area contributed by atoms with Crippen LogP contribution in [0.1, 0.15) is 27.7 Å². The smallest absolute Gasteiger partial charge is 0.353 e. The highest BCUT2D eigenvalue weighted by molar-refractivity contribution is 7.12.